The van der Waals surface area contributed by atoms with Crippen LogP contribution in [-0.4, -0.2) is 16.6 Å². The number of nitro groups is 1. The van der Waals surface area contributed by atoms with E-state index in [9.17, 15) is 10.1 Å². The second-order valence-corrected chi connectivity index (χ2v) is 5.66. The number of thiocarbonyl (C=S) groups is 1. The van der Waals surface area contributed by atoms with E-state index in [2.05, 4.69) is 10.6 Å². The topological polar surface area (TPSA) is 76.4 Å². The van der Waals surface area contributed by atoms with Crippen molar-refractivity contribution in [3.05, 3.63) is 57.6 Å². The molecule has 0 saturated heterocycles. The van der Waals surface area contributed by atoms with Gasteiger partial charge in [0.25, 0.3) is 5.69 Å². The van der Waals surface area contributed by atoms with E-state index in [1.165, 1.54) is 6.07 Å². The van der Waals surface area contributed by atoms with Crippen molar-refractivity contribution < 1.29 is 9.66 Å². The molecule has 0 radical (unpaired) electrons. The molecule has 0 aliphatic carbocycles. The van der Waals surface area contributed by atoms with Crippen molar-refractivity contribution in [3.63, 3.8) is 0 Å². The van der Waals surface area contributed by atoms with Crippen molar-refractivity contribution in [2.45, 2.75) is 20.8 Å². The fourth-order valence-electron chi connectivity index (χ4n) is 2.26. The second-order valence-electron chi connectivity index (χ2n) is 5.25. The van der Waals surface area contributed by atoms with Crippen LogP contribution in [0.3, 0.4) is 0 Å². The van der Waals surface area contributed by atoms with Crippen molar-refractivity contribution >= 4 is 34.4 Å². The number of ether oxygens (including phenoxy) is 1. The van der Waals surface area contributed by atoms with Crippen LogP contribution in [0.5, 0.6) is 5.75 Å². The van der Waals surface area contributed by atoms with Gasteiger partial charge in [-0.3, -0.25) is 10.1 Å². The van der Waals surface area contributed by atoms with Crippen molar-refractivity contribution in [2.75, 3.05) is 17.2 Å². The van der Waals surface area contributed by atoms with Crippen LogP contribution >= 0.6 is 12.2 Å². The van der Waals surface area contributed by atoms with E-state index in [0.717, 1.165) is 17.0 Å². The SMILES string of the molecule is CCOc1ccc(NC(=S)Nc2cc([N+](=O)[O-])c(C)cc2C)cc1. The van der Waals surface area contributed by atoms with Crippen LogP contribution < -0.4 is 15.4 Å². The molecule has 7 heteroatoms. The summed E-state index contributed by atoms with van der Waals surface area (Å²) in [5.74, 6) is 0.784. The lowest BCUT2D eigenvalue weighted by molar-refractivity contribution is -0.385. The first-order valence-corrected chi connectivity index (χ1v) is 7.88. The third-order valence-corrected chi connectivity index (χ3v) is 3.62. The highest BCUT2D eigenvalue weighted by Crippen LogP contribution is 2.26. The van der Waals surface area contributed by atoms with Gasteiger partial charge in [0, 0.05) is 17.3 Å². The summed E-state index contributed by atoms with van der Waals surface area (Å²) in [4.78, 5) is 10.7. The minimum Gasteiger partial charge on any atom is -0.494 e. The van der Waals surface area contributed by atoms with Gasteiger partial charge in [-0.25, -0.2) is 0 Å². The van der Waals surface area contributed by atoms with Crippen molar-refractivity contribution in [3.8, 4) is 5.75 Å². The fourth-order valence-corrected chi connectivity index (χ4v) is 2.49. The van der Waals surface area contributed by atoms with E-state index < -0.39 is 4.92 Å². The first kappa shape index (κ1) is 17.7. The third kappa shape index (κ3) is 4.42. The number of benzene rings is 2. The van der Waals surface area contributed by atoms with Crippen molar-refractivity contribution in [1.82, 2.24) is 0 Å². The molecule has 0 heterocycles. The average molecular weight is 345 g/mol. The molecule has 0 atom stereocenters. The van der Waals surface area contributed by atoms with Crippen LogP contribution in [0.4, 0.5) is 17.1 Å². The standard InChI is InChI=1S/C17H19N3O3S/c1-4-23-14-7-5-13(6-8-14)18-17(24)19-15-10-16(20(21)22)12(3)9-11(15)2/h5-10H,4H2,1-3H3,(H2,18,19,24). The minimum atomic E-state index is -0.400. The number of anilines is 2. The van der Waals surface area contributed by atoms with Crippen LogP contribution in [0.1, 0.15) is 18.1 Å². The molecule has 0 bridgehead atoms. The molecule has 0 aliphatic rings. The van der Waals surface area contributed by atoms with Crippen molar-refractivity contribution in [1.29, 1.82) is 0 Å². The summed E-state index contributed by atoms with van der Waals surface area (Å²) >= 11 is 5.28. The maximum atomic E-state index is 11.1. The van der Waals surface area contributed by atoms with Gasteiger partial charge in [-0.15, -0.1) is 0 Å². The van der Waals surface area contributed by atoms with Crippen molar-refractivity contribution in [2.24, 2.45) is 0 Å². The summed E-state index contributed by atoms with van der Waals surface area (Å²) in [6, 6.07) is 10.6. The predicted octanol–water partition coefficient (Wildman–Crippen LogP) is 4.42. The molecule has 2 aromatic carbocycles. The molecule has 0 aliphatic heterocycles. The molecule has 2 N–H and O–H groups in total. The van der Waals surface area contributed by atoms with E-state index in [-0.39, 0.29) is 5.69 Å². The van der Waals surface area contributed by atoms with E-state index in [0.29, 0.717) is 23.0 Å². The van der Waals surface area contributed by atoms with Gasteiger partial charge in [0.05, 0.1) is 17.2 Å². The number of hydrogen-bond acceptors (Lipinski definition) is 4. The molecule has 2 aromatic rings. The molecular formula is C17H19N3O3S. The highest BCUT2D eigenvalue weighted by Gasteiger charge is 2.14. The molecule has 2 rings (SSSR count). The van der Waals surface area contributed by atoms with Gasteiger partial charge in [0.15, 0.2) is 5.11 Å². The quantitative estimate of drug-likeness (QED) is 0.475. The second kappa shape index (κ2) is 7.74. The lowest BCUT2D eigenvalue weighted by atomic mass is 10.1. The zero-order valence-electron chi connectivity index (χ0n) is 13.8. The minimum absolute atomic E-state index is 0.0620. The van der Waals surface area contributed by atoms with E-state index in [1.54, 1.807) is 13.0 Å². The zero-order chi connectivity index (χ0) is 17.7. The summed E-state index contributed by atoms with van der Waals surface area (Å²) in [5, 5.41) is 17.5. The molecule has 0 saturated carbocycles. The van der Waals surface area contributed by atoms with Gasteiger partial charge in [-0.05, 0) is 68.9 Å². The number of nitrogens with one attached hydrogen (secondary N) is 2. The zero-order valence-corrected chi connectivity index (χ0v) is 14.6. The number of hydrogen-bond donors (Lipinski definition) is 2. The Labute approximate surface area is 146 Å². The lowest BCUT2D eigenvalue weighted by Crippen LogP contribution is -2.19. The molecule has 0 amide bonds. The normalized spacial score (nSPS) is 10.1. The molecular weight excluding hydrogens is 326 g/mol. The molecule has 0 aromatic heterocycles. The molecule has 0 unspecified atom stereocenters. The third-order valence-electron chi connectivity index (χ3n) is 3.41. The number of rotatable bonds is 5. The summed E-state index contributed by atoms with van der Waals surface area (Å²) in [5.41, 5.74) is 2.97. The van der Waals surface area contributed by atoms with Gasteiger partial charge in [0.2, 0.25) is 0 Å². The molecule has 6 nitrogen and oxygen atoms in total. The number of nitro benzene ring substituents is 1. The van der Waals surface area contributed by atoms with Gasteiger partial charge in [0.1, 0.15) is 5.75 Å². The van der Waals surface area contributed by atoms with Gasteiger partial charge >= 0.3 is 0 Å². The Balaban J connectivity index is 2.09. The Morgan fingerprint density at radius 2 is 1.83 bits per heavy atom. The van der Waals surface area contributed by atoms with Crippen LogP contribution in [0.15, 0.2) is 36.4 Å². The Kier molecular flexibility index (Phi) is 5.70. The predicted molar refractivity (Wildman–Crippen MR) is 100 cm³/mol. The first-order valence-electron chi connectivity index (χ1n) is 7.47. The first-order chi connectivity index (χ1) is 11.4. The summed E-state index contributed by atoms with van der Waals surface area (Å²) in [7, 11) is 0. The van der Waals surface area contributed by atoms with Gasteiger partial charge in [-0.2, -0.15) is 0 Å². The van der Waals surface area contributed by atoms with E-state index >= 15 is 0 Å². The van der Waals surface area contributed by atoms with Gasteiger partial charge in [-0.1, -0.05) is 0 Å². The Morgan fingerprint density at radius 3 is 2.42 bits per heavy atom. The van der Waals surface area contributed by atoms with Crippen LogP contribution in [0, 0.1) is 24.0 Å². The van der Waals surface area contributed by atoms with Crippen LogP contribution in [0.25, 0.3) is 0 Å². The average Bonchev–Trinajstić information content (AvgIpc) is 2.52. The van der Waals surface area contributed by atoms with Crippen LogP contribution in [-0.2, 0) is 0 Å². The molecule has 0 fully saturated rings. The summed E-state index contributed by atoms with van der Waals surface area (Å²) < 4.78 is 5.38. The van der Waals surface area contributed by atoms with Crippen LogP contribution in [0.2, 0.25) is 0 Å². The number of nitrogens with zero attached hydrogens (tertiary/aromatic N) is 1. The largest absolute Gasteiger partial charge is 0.494 e. The maximum Gasteiger partial charge on any atom is 0.274 e. The summed E-state index contributed by atoms with van der Waals surface area (Å²) in [6.07, 6.45) is 0. The lowest BCUT2D eigenvalue weighted by Gasteiger charge is -2.13. The monoisotopic (exact) mass is 345 g/mol. The Bertz CT molecular complexity index is 760. The highest BCUT2D eigenvalue weighted by atomic mass is 32.1. The smallest absolute Gasteiger partial charge is 0.274 e. The van der Waals surface area contributed by atoms with Gasteiger partial charge < -0.3 is 15.4 Å². The highest BCUT2D eigenvalue weighted by molar-refractivity contribution is 7.80. The Hall–Kier alpha value is -2.67. The molecule has 126 valence electrons. The number of aryl methyl sites for hydroxylation is 2. The van der Waals surface area contributed by atoms with E-state index in [4.69, 9.17) is 17.0 Å². The van der Waals surface area contributed by atoms with E-state index in [1.807, 2.05) is 38.1 Å². The molecule has 0 spiro atoms. The Morgan fingerprint density at radius 1 is 1.17 bits per heavy atom. The molecule has 24 heavy (non-hydrogen) atoms. The maximum absolute atomic E-state index is 11.1. The summed E-state index contributed by atoms with van der Waals surface area (Å²) in [6.45, 7) is 6.12. The fraction of sp³-hybridized carbons (Fsp3) is 0.235.